The number of amides is 1. The van der Waals surface area contributed by atoms with Crippen LogP contribution in [0.25, 0.3) is 0 Å². The summed E-state index contributed by atoms with van der Waals surface area (Å²) in [5.74, 6) is -0.189. The Kier molecular flexibility index (Phi) is 5.98. The summed E-state index contributed by atoms with van der Waals surface area (Å²) in [5, 5.41) is 15.3. The first-order valence-electron chi connectivity index (χ1n) is 8.81. The van der Waals surface area contributed by atoms with Gasteiger partial charge in [0.1, 0.15) is 6.07 Å². The number of carbonyl (C=O) groups is 1. The van der Waals surface area contributed by atoms with Crippen molar-refractivity contribution in [2.75, 3.05) is 11.9 Å². The monoisotopic (exact) mass is 355 g/mol. The molecule has 27 heavy (non-hydrogen) atoms. The average Bonchev–Trinajstić information content (AvgIpc) is 2.70. The van der Waals surface area contributed by atoms with Crippen LogP contribution in [-0.2, 0) is 4.79 Å². The van der Waals surface area contributed by atoms with Gasteiger partial charge in [-0.2, -0.15) is 5.26 Å². The van der Waals surface area contributed by atoms with Crippen molar-refractivity contribution in [3.05, 3.63) is 101 Å². The van der Waals surface area contributed by atoms with Crippen LogP contribution in [0.4, 0.5) is 5.69 Å². The molecule has 0 aromatic heterocycles. The lowest BCUT2D eigenvalue weighted by molar-refractivity contribution is -0.115. The minimum Gasteiger partial charge on any atom is -0.324 e. The number of nitriles is 1. The van der Waals surface area contributed by atoms with E-state index in [2.05, 4.69) is 47.9 Å². The molecule has 1 atom stereocenters. The molecule has 3 aromatic carbocycles. The summed E-state index contributed by atoms with van der Waals surface area (Å²) in [6.45, 7) is 2.18. The topological polar surface area (TPSA) is 64.9 Å². The zero-order valence-electron chi connectivity index (χ0n) is 15.1. The Morgan fingerprint density at radius 2 is 1.56 bits per heavy atom. The van der Waals surface area contributed by atoms with Gasteiger partial charge in [-0.15, -0.1) is 0 Å². The van der Waals surface area contributed by atoms with Crippen molar-refractivity contribution in [3.8, 4) is 6.07 Å². The highest BCUT2D eigenvalue weighted by Gasteiger charge is 2.15. The first kappa shape index (κ1) is 18.4. The second-order valence-electron chi connectivity index (χ2n) is 6.34. The molecule has 0 heterocycles. The molecule has 4 nitrogen and oxygen atoms in total. The molecule has 0 unspecified atom stereocenters. The molecular weight excluding hydrogens is 334 g/mol. The molecule has 0 saturated carbocycles. The maximum absolute atomic E-state index is 12.4. The van der Waals surface area contributed by atoms with Crippen LogP contribution >= 0.6 is 0 Å². The molecule has 0 spiro atoms. The summed E-state index contributed by atoms with van der Waals surface area (Å²) in [4.78, 5) is 12.4. The molecule has 3 rings (SSSR count). The van der Waals surface area contributed by atoms with Crippen molar-refractivity contribution in [2.24, 2.45) is 0 Å². The van der Waals surface area contributed by atoms with Gasteiger partial charge in [0.2, 0.25) is 5.91 Å². The van der Waals surface area contributed by atoms with Gasteiger partial charge in [0.25, 0.3) is 0 Å². The van der Waals surface area contributed by atoms with Gasteiger partial charge >= 0.3 is 0 Å². The van der Waals surface area contributed by atoms with Crippen LogP contribution in [0, 0.1) is 18.3 Å². The van der Waals surface area contributed by atoms with Gasteiger partial charge in [-0.05, 0) is 30.2 Å². The fourth-order valence-corrected chi connectivity index (χ4v) is 2.91. The summed E-state index contributed by atoms with van der Waals surface area (Å²) in [6, 6.07) is 27.3. The summed E-state index contributed by atoms with van der Waals surface area (Å²) in [6.07, 6.45) is 0. The van der Waals surface area contributed by atoms with Crippen molar-refractivity contribution in [2.45, 2.75) is 13.0 Å². The fourth-order valence-electron chi connectivity index (χ4n) is 2.91. The van der Waals surface area contributed by atoms with Gasteiger partial charge in [-0.1, -0.05) is 72.3 Å². The van der Waals surface area contributed by atoms with Gasteiger partial charge in [-0.3, -0.25) is 10.1 Å². The maximum Gasteiger partial charge on any atom is 0.238 e. The van der Waals surface area contributed by atoms with Crippen molar-refractivity contribution in [1.29, 1.82) is 5.26 Å². The van der Waals surface area contributed by atoms with Crippen LogP contribution in [0.1, 0.15) is 28.3 Å². The summed E-state index contributed by atoms with van der Waals surface area (Å²) >= 11 is 0. The lowest BCUT2D eigenvalue weighted by atomic mass is 9.98. The van der Waals surface area contributed by atoms with E-state index < -0.39 is 0 Å². The van der Waals surface area contributed by atoms with Crippen LogP contribution in [0.3, 0.4) is 0 Å². The van der Waals surface area contributed by atoms with E-state index in [9.17, 15) is 4.79 Å². The molecule has 134 valence electrons. The number of hydrogen-bond acceptors (Lipinski definition) is 3. The van der Waals surface area contributed by atoms with E-state index in [0.717, 1.165) is 11.1 Å². The molecule has 3 aromatic rings. The van der Waals surface area contributed by atoms with E-state index >= 15 is 0 Å². The Hall–Kier alpha value is -3.42. The Balaban J connectivity index is 1.74. The van der Waals surface area contributed by atoms with E-state index in [-0.39, 0.29) is 18.5 Å². The standard InChI is InChI=1S/C23H21N3O/c1-17-11-13-19(14-12-17)23(18-7-3-2-4-8-18)25-16-22(27)26-21-10-6-5-9-20(21)15-24/h2-14,23,25H,16H2,1H3,(H,26,27)/t23-/m1/s1. The van der Waals surface area contributed by atoms with Gasteiger partial charge in [-0.25, -0.2) is 0 Å². The Labute approximate surface area is 159 Å². The predicted octanol–water partition coefficient (Wildman–Crippen LogP) is 4.18. The summed E-state index contributed by atoms with van der Waals surface area (Å²) < 4.78 is 0. The molecular formula is C23H21N3O. The smallest absolute Gasteiger partial charge is 0.238 e. The third kappa shape index (κ3) is 4.81. The van der Waals surface area contributed by atoms with Crippen molar-refractivity contribution >= 4 is 11.6 Å². The third-order valence-corrected chi connectivity index (χ3v) is 4.33. The highest BCUT2D eigenvalue weighted by Crippen LogP contribution is 2.22. The van der Waals surface area contributed by atoms with Crippen molar-refractivity contribution in [1.82, 2.24) is 5.32 Å². The van der Waals surface area contributed by atoms with Crippen molar-refractivity contribution in [3.63, 3.8) is 0 Å². The van der Waals surface area contributed by atoms with E-state index in [1.54, 1.807) is 24.3 Å². The normalized spacial score (nSPS) is 11.4. The minimum atomic E-state index is -0.189. The molecule has 0 aliphatic rings. The lowest BCUT2D eigenvalue weighted by Gasteiger charge is -2.20. The molecule has 0 aliphatic heterocycles. The van der Waals surface area contributed by atoms with E-state index in [1.807, 2.05) is 30.3 Å². The summed E-state index contributed by atoms with van der Waals surface area (Å²) in [5.41, 5.74) is 4.35. The molecule has 0 aliphatic carbocycles. The molecule has 0 saturated heterocycles. The van der Waals surface area contributed by atoms with Gasteiger partial charge in [0, 0.05) is 0 Å². The quantitative estimate of drug-likeness (QED) is 0.697. The average molecular weight is 355 g/mol. The highest BCUT2D eigenvalue weighted by molar-refractivity contribution is 5.93. The van der Waals surface area contributed by atoms with Crippen LogP contribution in [0.5, 0.6) is 0 Å². The Morgan fingerprint density at radius 3 is 2.26 bits per heavy atom. The zero-order chi connectivity index (χ0) is 19.1. The van der Waals surface area contributed by atoms with Gasteiger partial charge in [0.05, 0.1) is 23.8 Å². The Bertz CT molecular complexity index is 943. The molecule has 1 amide bonds. The second kappa shape index (κ2) is 8.79. The number of hydrogen-bond donors (Lipinski definition) is 2. The van der Waals surface area contributed by atoms with E-state index in [0.29, 0.717) is 11.3 Å². The van der Waals surface area contributed by atoms with Crippen LogP contribution in [0.2, 0.25) is 0 Å². The van der Waals surface area contributed by atoms with E-state index in [4.69, 9.17) is 5.26 Å². The number of anilines is 1. The number of aryl methyl sites for hydroxylation is 1. The minimum absolute atomic E-state index is 0.0937. The predicted molar refractivity (Wildman–Crippen MR) is 107 cm³/mol. The number of para-hydroxylation sites is 1. The number of rotatable bonds is 6. The fraction of sp³-hybridized carbons (Fsp3) is 0.130. The second-order valence-corrected chi connectivity index (χ2v) is 6.34. The van der Waals surface area contributed by atoms with Gasteiger partial charge in [0.15, 0.2) is 0 Å². The van der Waals surface area contributed by atoms with Crippen LogP contribution in [0.15, 0.2) is 78.9 Å². The number of nitrogens with one attached hydrogen (secondary N) is 2. The summed E-state index contributed by atoms with van der Waals surface area (Å²) in [7, 11) is 0. The van der Waals surface area contributed by atoms with Crippen molar-refractivity contribution < 1.29 is 4.79 Å². The zero-order valence-corrected chi connectivity index (χ0v) is 15.1. The molecule has 4 heteroatoms. The molecule has 0 radical (unpaired) electrons. The third-order valence-electron chi connectivity index (χ3n) is 4.33. The van der Waals surface area contributed by atoms with Crippen LogP contribution < -0.4 is 10.6 Å². The Morgan fingerprint density at radius 1 is 0.926 bits per heavy atom. The first-order valence-corrected chi connectivity index (χ1v) is 8.81. The number of carbonyl (C=O) groups excluding carboxylic acids is 1. The molecule has 0 fully saturated rings. The maximum atomic E-state index is 12.4. The van der Waals surface area contributed by atoms with Crippen LogP contribution in [-0.4, -0.2) is 12.5 Å². The number of nitrogens with zero attached hydrogens (tertiary/aromatic N) is 1. The number of benzene rings is 3. The lowest BCUT2D eigenvalue weighted by Crippen LogP contribution is -2.32. The van der Waals surface area contributed by atoms with Gasteiger partial charge < -0.3 is 5.32 Å². The van der Waals surface area contributed by atoms with E-state index in [1.165, 1.54) is 5.56 Å². The highest BCUT2D eigenvalue weighted by atomic mass is 16.1. The molecule has 0 bridgehead atoms. The SMILES string of the molecule is Cc1ccc([C@H](NCC(=O)Nc2ccccc2C#N)c2ccccc2)cc1. The molecule has 2 N–H and O–H groups in total. The first-order chi connectivity index (χ1) is 13.2. The largest absolute Gasteiger partial charge is 0.324 e.